The highest BCUT2D eigenvalue weighted by Crippen LogP contribution is 2.42. The van der Waals surface area contributed by atoms with Crippen molar-refractivity contribution in [3.63, 3.8) is 0 Å². The Hall–Kier alpha value is -0.980. The van der Waals surface area contributed by atoms with Crippen LogP contribution in [-0.4, -0.2) is 19.3 Å². The number of furan rings is 1. The third-order valence-electron chi connectivity index (χ3n) is 2.75. The molecule has 1 aromatic heterocycles. The number of ether oxygens (including phenoxy) is 2. The molecular formula is C13H12Br2O4. The molecule has 0 amide bonds. The topological polar surface area (TPSA) is 51.8 Å². The normalized spacial score (nSPS) is 12.3. The summed E-state index contributed by atoms with van der Waals surface area (Å²) in [6, 6.07) is 5.22. The number of benzene rings is 1. The van der Waals surface area contributed by atoms with Gasteiger partial charge in [-0.15, -0.1) is 0 Å². The van der Waals surface area contributed by atoms with Crippen LogP contribution in [0.2, 0.25) is 0 Å². The first-order valence-electron chi connectivity index (χ1n) is 5.41. The Morgan fingerprint density at radius 1 is 1.11 bits per heavy atom. The third-order valence-corrected chi connectivity index (χ3v) is 4.15. The molecule has 0 radical (unpaired) electrons. The monoisotopic (exact) mass is 390 g/mol. The van der Waals surface area contributed by atoms with Crippen LogP contribution in [0.1, 0.15) is 17.2 Å². The predicted molar refractivity (Wildman–Crippen MR) is 77.7 cm³/mol. The maximum absolute atomic E-state index is 10.4. The van der Waals surface area contributed by atoms with Crippen LogP contribution >= 0.6 is 31.9 Å². The van der Waals surface area contributed by atoms with Crippen molar-refractivity contribution in [3.05, 3.63) is 44.7 Å². The number of methoxy groups -OCH3 is 2. The van der Waals surface area contributed by atoms with E-state index < -0.39 is 6.10 Å². The SMILES string of the molecule is COc1ccc(C(O)c2ccoc2Br)c(OC)c1Br. The van der Waals surface area contributed by atoms with E-state index in [-0.39, 0.29) is 0 Å². The number of aliphatic hydroxyl groups is 1. The molecule has 0 saturated carbocycles. The molecule has 0 aliphatic rings. The standard InChI is InChI=1S/C13H12Br2O4/c1-17-9-4-3-7(12(18-2)10(9)14)11(16)8-5-6-19-13(8)15/h3-6,11,16H,1-2H3. The van der Waals surface area contributed by atoms with E-state index in [1.54, 1.807) is 32.4 Å². The summed E-state index contributed by atoms with van der Waals surface area (Å²) < 4.78 is 16.8. The molecule has 2 aromatic rings. The van der Waals surface area contributed by atoms with Gasteiger partial charge in [-0.2, -0.15) is 0 Å². The van der Waals surface area contributed by atoms with Crippen LogP contribution in [0.4, 0.5) is 0 Å². The maximum atomic E-state index is 10.4. The zero-order valence-electron chi connectivity index (χ0n) is 10.3. The molecule has 0 saturated heterocycles. The molecule has 1 N–H and O–H groups in total. The zero-order chi connectivity index (χ0) is 14.0. The summed E-state index contributed by atoms with van der Waals surface area (Å²) in [6.07, 6.45) is 0.651. The van der Waals surface area contributed by atoms with Crippen molar-refractivity contribution >= 4 is 31.9 Å². The molecule has 6 heteroatoms. The molecular weight excluding hydrogens is 380 g/mol. The molecule has 1 unspecified atom stereocenters. The highest BCUT2D eigenvalue weighted by molar-refractivity contribution is 9.10. The quantitative estimate of drug-likeness (QED) is 0.858. The van der Waals surface area contributed by atoms with Gasteiger partial charge in [0.15, 0.2) is 4.67 Å². The van der Waals surface area contributed by atoms with Gasteiger partial charge in [0.25, 0.3) is 0 Å². The predicted octanol–water partition coefficient (Wildman–Crippen LogP) is 3.90. The van der Waals surface area contributed by atoms with Gasteiger partial charge in [0, 0.05) is 11.1 Å². The average molecular weight is 392 g/mol. The van der Waals surface area contributed by atoms with Gasteiger partial charge in [-0.25, -0.2) is 0 Å². The Bertz CT molecular complexity index is 580. The highest BCUT2D eigenvalue weighted by atomic mass is 79.9. The van der Waals surface area contributed by atoms with Gasteiger partial charge in [0.2, 0.25) is 0 Å². The summed E-state index contributed by atoms with van der Waals surface area (Å²) in [5.41, 5.74) is 1.26. The van der Waals surface area contributed by atoms with E-state index in [4.69, 9.17) is 13.9 Å². The lowest BCUT2D eigenvalue weighted by molar-refractivity contribution is 0.212. The van der Waals surface area contributed by atoms with E-state index >= 15 is 0 Å². The van der Waals surface area contributed by atoms with E-state index in [1.807, 2.05) is 0 Å². The van der Waals surface area contributed by atoms with Gasteiger partial charge in [-0.3, -0.25) is 0 Å². The van der Waals surface area contributed by atoms with Crippen LogP contribution in [0.5, 0.6) is 11.5 Å². The maximum Gasteiger partial charge on any atom is 0.175 e. The van der Waals surface area contributed by atoms with E-state index in [0.717, 1.165) is 0 Å². The Morgan fingerprint density at radius 2 is 1.84 bits per heavy atom. The van der Waals surface area contributed by atoms with Crippen LogP contribution in [0.3, 0.4) is 0 Å². The summed E-state index contributed by atoms with van der Waals surface area (Å²) >= 11 is 6.66. The van der Waals surface area contributed by atoms with Crippen LogP contribution in [0, 0.1) is 0 Å². The Labute approximate surface area is 127 Å². The number of hydrogen-bond donors (Lipinski definition) is 1. The zero-order valence-corrected chi connectivity index (χ0v) is 13.5. The summed E-state index contributed by atoms with van der Waals surface area (Å²) in [5, 5.41) is 10.4. The van der Waals surface area contributed by atoms with Gasteiger partial charge in [0.05, 0.1) is 20.5 Å². The van der Waals surface area contributed by atoms with E-state index in [9.17, 15) is 5.11 Å². The fourth-order valence-corrected chi connectivity index (χ4v) is 2.94. The first-order valence-corrected chi connectivity index (χ1v) is 7.00. The third kappa shape index (κ3) is 2.66. The van der Waals surface area contributed by atoms with Crippen molar-refractivity contribution in [1.82, 2.24) is 0 Å². The number of halogens is 2. The second-order valence-corrected chi connectivity index (χ2v) is 5.27. The molecule has 19 heavy (non-hydrogen) atoms. The summed E-state index contributed by atoms with van der Waals surface area (Å²) in [6.45, 7) is 0. The van der Waals surface area contributed by atoms with Gasteiger partial charge in [-0.1, -0.05) is 0 Å². The first kappa shape index (κ1) is 14.4. The van der Waals surface area contributed by atoms with Gasteiger partial charge >= 0.3 is 0 Å². The molecule has 0 bridgehead atoms. The largest absolute Gasteiger partial charge is 0.495 e. The van der Waals surface area contributed by atoms with Crippen molar-refractivity contribution in [1.29, 1.82) is 0 Å². The fourth-order valence-electron chi connectivity index (χ4n) is 1.80. The lowest BCUT2D eigenvalue weighted by Crippen LogP contribution is -2.03. The van der Waals surface area contributed by atoms with Gasteiger partial charge in [0.1, 0.15) is 22.1 Å². The Kier molecular flexibility index (Phi) is 4.54. The molecule has 0 spiro atoms. The van der Waals surface area contributed by atoms with Gasteiger partial charge < -0.3 is 19.0 Å². The minimum absolute atomic E-state index is 0.494. The molecule has 1 heterocycles. The number of hydrogen-bond acceptors (Lipinski definition) is 4. The van der Waals surface area contributed by atoms with Crippen LogP contribution in [0.15, 0.2) is 38.0 Å². The van der Waals surface area contributed by atoms with Crippen molar-refractivity contribution in [2.24, 2.45) is 0 Å². The first-order chi connectivity index (χ1) is 9.10. The minimum Gasteiger partial charge on any atom is -0.495 e. The van der Waals surface area contributed by atoms with E-state index in [2.05, 4.69) is 31.9 Å². The molecule has 1 atom stereocenters. The van der Waals surface area contributed by atoms with Crippen LogP contribution in [0.25, 0.3) is 0 Å². The number of aliphatic hydroxyl groups excluding tert-OH is 1. The van der Waals surface area contributed by atoms with Crippen molar-refractivity contribution in [2.45, 2.75) is 6.10 Å². The number of rotatable bonds is 4. The van der Waals surface area contributed by atoms with Crippen molar-refractivity contribution < 1.29 is 19.0 Å². The Morgan fingerprint density at radius 3 is 2.37 bits per heavy atom. The van der Waals surface area contributed by atoms with E-state index in [1.165, 1.54) is 6.26 Å². The van der Waals surface area contributed by atoms with Crippen molar-refractivity contribution in [3.8, 4) is 11.5 Å². The minimum atomic E-state index is -0.856. The van der Waals surface area contributed by atoms with E-state index in [0.29, 0.717) is 31.8 Å². The molecule has 0 aliphatic heterocycles. The molecule has 0 aliphatic carbocycles. The second kappa shape index (κ2) is 5.98. The Balaban J connectivity index is 2.51. The smallest absolute Gasteiger partial charge is 0.175 e. The molecule has 2 rings (SSSR count). The molecule has 1 aromatic carbocycles. The van der Waals surface area contributed by atoms with Crippen molar-refractivity contribution in [2.75, 3.05) is 14.2 Å². The average Bonchev–Trinajstić information content (AvgIpc) is 2.83. The molecule has 102 valence electrons. The molecule has 0 fully saturated rings. The van der Waals surface area contributed by atoms with Gasteiger partial charge in [-0.05, 0) is 50.1 Å². The lowest BCUT2D eigenvalue weighted by atomic mass is 10.0. The second-order valence-electron chi connectivity index (χ2n) is 3.76. The van der Waals surface area contributed by atoms with Crippen LogP contribution in [-0.2, 0) is 0 Å². The molecule has 4 nitrogen and oxygen atoms in total. The summed E-state index contributed by atoms with van der Waals surface area (Å²) in [7, 11) is 3.11. The summed E-state index contributed by atoms with van der Waals surface area (Å²) in [4.78, 5) is 0. The van der Waals surface area contributed by atoms with Crippen LogP contribution < -0.4 is 9.47 Å². The fraction of sp³-hybridized carbons (Fsp3) is 0.231. The highest BCUT2D eigenvalue weighted by Gasteiger charge is 2.22. The lowest BCUT2D eigenvalue weighted by Gasteiger charge is -2.17. The summed E-state index contributed by atoms with van der Waals surface area (Å²) in [5.74, 6) is 1.17.